The molecule has 1 fully saturated rings. The normalized spacial score (nSPS) is 17.3. The molecule has 150 valence electrons. The molecule has 29 heavy (non-hydrogen) atoms. The molecule has 2 aromatic carbocycles. The van der Waals surface area contributed by atoms with Crippen molar-refractivity contribution in [3.8, 4) is 11.5 Å². The number of amidine groups is 1. The zero-order chi connectivity index (χ0) is 21.0. The molecule has 1 atom stereocenters. The van der Waals surface area contributed by atoms with Gasteiger partial charge in [-0.25, -0.2) is 9.79 Å². The Labute approximate surface area is 172 Å². The third kappa shape index (κ3) is 5.17. The van der Waals surface area contributed by atoms with Crippen molar-refractivity contribution >= 4 is 40.6 Å². The van der Waals surface area contributed by atoms with E-state index in [4.69, 9.17) is 14.6 Å². The second kappa shape index (κ2) is 8.83. The predicted molar refractivity (Wildman–Crippen MR) is 113 cm³/mol. The first-order valence-electron chi connectivity index (χ1n) is 8.79. The molecule has 1 amide bonds. The van der Waals surface area contributed by atoms with Gasteiger partial charge in [-0.2, -0.15) is 0 Å². The molecule has 0 aromatic heterocycles. The van der Waals surface area contributed by atoms with E-state index in [0.717, 1.165) is 11.3 Å². The van der Waals surface area contributed by atoms with E-state index in [1.165, 1.54) is 25.8 Å². The van der Waals surface area contributed by atoms with E-state index in [2.05, 4.69) is 10.3 Å². The lowest BCUT2D eigenvalue weighted by molar-refractivity contribution is -0.144. The van der Waals surface area contributed by atoms with Gasteiger partial charge in [0.1, 0.15) is 0 Å². The van der Waals surface area contributed by atoms with Crippen LogP contribution in [0.15, 0.2) is 52.4 Å². The summed E-state index contributed by atoms with van der Waals surface area (Å²) >= 11 is 1.25. The van der Waals surface area contributed by atoms with Crippen LogP contribution in [0.25, 0.3) is 6.08 Å². The molecule has 1 saturated heterocycles. The van der Waals surface area contributed by atoms with Gasteiger partial charge >= 0.3 is 5.97 Å². The van der Waals surface area contributed by atoms with Crippen LogP contribution < -0.4 is 14.8 Å². The maximum atomic E-state index is 12.3. The number of benzene rings is 2. The van der Waals surface area contributed by atoms with Crippen molar-refractivity contribution in [2.24, 2.45) is 4.99 Å². The largest absolute Gasteiger partial charge is 0.493 e. The number of aliphatic carboxylic acids is 1. The predicted octanol–water partition coefficient (Wildman–Crippen LogP) is 3.75. The Balaban J connectivity index is 1.80. The Morgan fingerprint density at radius 1 is 1.24 bits per heavy atom. The first-order chi connectivity index (χ1) is 13.9. The molecule has 2 N–H and O–H groups in total. The van der Waals surface area contributed by atoms with Crippen LogP contribution in [-0.2, 0) is 9.59 Å². The van der Waals surface area contributed by atoms with E-state index in [0.29, 0.717) is 27.1 Å². The Hall–Kier alpha value is -3.26. The van der Waals surface area contributed by atoms with Crippen molar-refractivity contribution in [3.63, 3.8) is 0 Å². The van der Waals surface area contributed by atoms with Gasteiger partial charge in [-0.1, -0.05) is 18.2 Å². The molecule has 0 unspecified atom stereocenters. The van der Waals surface area contributed by atoms with Crippen LogP contribution in [-0.4, -0.2) is 35.4 Å². The molecule has 0 radical (unpaired) electrons. The molecule has 8 heteroatoms. The minimum absolute atomic E-state index is 0.236. The van der Waals surface area contributed by atoms with Gasteiger partial charge in [0, 0.05) is 0 Å². The zero-order valence-electron chi connectivity index (χ0n) is 16.1. The lowest BCUT2D eigenvalue weighted by Gasteiger charge is -2.14. The first-order valence-corrected chi connectivity index (χ1v) is 9.61. The summed E-state index contributed by atoms with van der Waals surface area (Å²) in [6, 6.07) is 12.7. The third-order valence-electron chi connectivity index (χ3n) is 4.02. The van der Waals surface area contributed by atoms with Crippen molar-refractivity contribution in [2.45, 2.75) is 20.0 Å². The van der Waals surface area contributed by atoms with E-state index in [1.807, 2.05) is 31.2 Å². The smallest absolute Gasteiger partial charge is 0.344 e. The van der Waals surface area contributed by atoms with Crippen LogP contribution in [0.4, 0.5) is 5.69 Å². The van der Waals surface area contributed by atoms with Crippen LogP contribution >= 0.6 is 11.8 Å². The number of carbonyl (C=O) groups excluding carboxylic acids is 1. The van der Waals surface area contributed by atoms with Gasteiger partial charge < -0.3 is 19.9 Å². The van der Waals surface area contributed by atoms with E-state index in [-0.39, 0.29) is 5.91 Å². The number of nitrogens with zero attached hydrogens (tertiary/aromatic N) is 1. The van der Waals surface area contributed by atoms with Gasteiger partial charge in [0.2, 0.25) is 0 Å². The molecule has 0 spiro atoms. The van der Waals surface area contributed by atoms with Gasteiger partial charge in [-0.05, 0) is 67.1 Å². The standard InChI is InChI=1S/C21H20N2O5S/c1-12-5-4-6-15(9-12)22-21-23-19(24)18(29-21)11-14-7-8-16(17(10-14)27-3)28-13(2)20(25)26/h4-11,13H,1-3H3,(H,25,26)(H,22,23,24)/b18-11+/t13-/m0/s1. The highest BCUT2D eigenvalue weighted by molar-refractivity contribution is 8.18. The molecular weight excluding hydrogens is 392 g/mol. The molecule has 7 nitrogen and oxygen atoms in total. The van der Waals surface area contributed by atoms with E-state index in [9.17, 15) is 9.59 Å². The fourth-order valence-corrected chi connectivity index (χ4v) is 3.40. The summed E-state index contributed by atoms with van der Waals surface area (Å²) in [5.74, 6) is -0.614. The van der Waals surface area contributed by atoms with E-state index < -0.39 is 12.1 Å². The van der Waals surface area contributed by atoms with Crippen LogP contribution in [0.5, 0.6) is 11.5 Å². The summed E-state index contributed by atoms with van der Waals surface area (Å²) in [6.07, 6.45) is 0.704. The SMILES string of the molecule is COc1cc(/C=C2/SC(=Nc3cccc(C)c3)NC2=O)ccc1O[C@@H](C)C(=O)O. The maximum Gasteiger partial charge on any atom is 0.344 e. The number of ether oxygens (including phenoxy) is 2. The van der Waals surface area contributed by atoms with Crippen molar-refractivity contribution in [1.82, 2.24) is 5.32 Å². The maximum absolute atomic E-state index is 12.3. The fraction of sp³-hybridized carbons (Fsp3) is 0.190. The lowest BCUT2D eigenvalue weighted by Crippen LogP contribution is -2.23. The summed E-state index contributed by atoms with van der Waals surface area (Å²) in [7, 11) is 1.47. The molecular formula is C21H20N2O5S. The lowest BCUT2D eigenvalue weighted by atomic mass is 10.2. The minimum Gasteiger partial charge on any atom is -0.493 e. The third-order valence-corrected chi connectivity index (χ3v) is 4.93. The number of aryl methyl sites for hydroxylation is 1. The number of hydrogen-bond donors (Lipinski definition) is 2. The molecule has 1 aliphatic rings. The van der Waals surface area contributed by atoms with E-state index >= 15 is 0 Å². The Kier molecular flexibility index (Phi) is 6.23. The average Bonchev–Trinajstić information content (AvgIpc) is 3.01. The summed E-state index contributed by atoms with van der Waals surface area (Å²) in [5, 5.41) is 12.3. The monoisotopic (exact) mass is 412 g/mol. The Bertz CT molecular complexity index is 1020. The Morgan fingerprint density at radius 2 is 2.03 bits per heavy atom. The number of rotatable bonds is 6. The topological polar surface area (TPSA) is 97.2 Å². The molecule has 0 aliphatic carbocycles. The molecule has 2 aromatic rings. The van der Waals surface area contributed by atoms with Gasteiger partial charge in [-0.3, -0.25) is 4.79 Å². The van der Waals surface area contributed by atoms with Crippen LogP contribution in [0, 0.1) is 6.92 Å². The van der Waals surface area contributed by atoms with Gasteiger partial charge in [0.15, 0.2) is 22.8 Å². The van der Waals surface area contributed by atoms with Crippen molar-refractivity contribution in [2.75, 3.05) is 7.11 Å². The number of nitrogens with one attached hydrogen (secondary N) is 1. The van der Waals surface area contributed by atoms with Gasteiger partial charge in [-0.15, -0.1) is 0 Å². The zero-order valence-corrected chi connectivity index (χ0v) is 16.9. The molecule has 3 rings (SSSR count). The minimum atomic E-state index is -1.07. The van der Waals surface area contributed by atoms with Crippen molar-refractivity contribution in [1.29, 1.82) is 0 Å². The van der Waals surface area contributed by atoms with Gasteiger partial charge in [0.25, 0.3) is 5.91 Å². The summed E-state index contributed by atoms with van der Waals surface area (Å²) in [6.45, 7) is 3.42. The number of methoxy groups -OCH3 is 1. The van der Waals surface area contributed by atoms with Crippen LogP contribution in [0.1, 0.15) is 18.1 Å². The number of thioether (sulfide) groups is 1. The molecule has 0 saturated carbocycles. The van der Waals surface area contributed by atoms with Crippen LogP contribution in [0.2, 0.25) is 0 Å². The number of amides is 1. The quantitative estimate of drug-likeness (QED) is 0.702. The van der Waals surface area contributed by atoms with Crippen LogP contribution in [0.3, 0.4) is 0 Å². The Morgan fingerprint density at radius 3 is 2.72 bits per heavy atom. The summed E-state index contributed by atoms with van der Waals surface area (Å²) in [5.41, 5.74) is 2.57. The number of carboxylic acid groups (broad SMARTS) is 1. The average molecular weight is 412 g/mol. The second-order valence-corrected chi connectivity index (χ2v) is 7.36. The van der Waals surface area contributed by atoms with E-state index in [1.54, 1.807) is 24.3 Å². The van der Waals surface area contributed by atoms with Crippen molar-refractivity contribution < 1.29 is 24.2 Å². The number of carboxylic acids is 1. The van der Waals surface area contributed by atoms with Gasteiger partial charge in [0.05, 0.1) is 17.7 Å². The highest BCUT2D eigenvalue weighted by atomic mass is 32.2. The fourth-order valence-electron chi connectivity index (χ4n) is 2.56. The summed E-state index contributed by atoms with van der Waals surface area (Å²) < 4.78 is 10.7. The second-order valence-electron chi connectivity index (χ2n) is 6.33. The van der Waals surface area contributed by atoms with Crippen molar-refractivity contribution in [3.05, 3.63) is 58.5 Å². The molecule has 1 heterocycles. The first kappa shape index (κ1) is 20.5. The molecule has 0 bridgehead atoms. The number of aliphatic imine (C=N–C) groups is 1. The number of carbonyl (C=O) groups is 2. The highest BCUT2D eigenvalue weighted by Crippen LogP contribution is 2.32. The summed E-state index contributed by atoms with van der Waals surface area (Å²) in [4.78, 5) is 28.2. The molecule has 1 aliphatic heterocycles. The number of hydrogen-bond acceptors (Lipinski definition) is 6. The highest BCUT2D eigenvalue weighted by Gasteiger charge is 2.24.